The number of carbonyl (C=O) groups excluding carboxylic acids is 3. The van der Waals surface area contributed by atoms with E-state index in [1.807, 2.05) is 0 Å². The van der Waals surface area contributed by atoms with Gasteiger partial charge in [0.2, 0.25) is 0 Å². The van der Waals surface area contributed by atoms with Crippen molar-refractivity contribution >= 4 is 17.8 Å². The minimum absolute atomic E-state index is 0.0115. The molecule has 1 aliphatic heterocycles. The monoisotopic (exact) mass is 459 g/mol. The van der Waals surface area contributed by atoms with Crippen molar-refractivity contribution < 1.29 is 28.6 Å². The van der Waals surface area contributed by atoms with Crippen molar-refractivity contribution in [3.8, 4) is 0 Å². The lowest BCUT2D eigenvalue weighted by Crippen LogP contribution is -2.56. The average Bonchev–Trinajstić information content (AvgIpc) is 3.36. The Hall–Kier alpha value is -1.89. The van der Waals surface area contributed by atoms with Gasteiger partial charge >= 0.3 is 11.9 Å². The maximum absolute atomic E-state index is 12.9. The van der Waals surface area contributed by atoms with Gasteiger partial charge in [-0.25, -0.2) is 4.79 Å². The summed E-state index contributed by atoms with van der Waals surface area (Å²) in [7, 11) is 0. The van der Waals surface area contributed by atoms with Crippen LogP contribution in [0.2, 0.25) is 0 Å². The van der Waals surface area contributed by atoms with Crippen molar-refractivity contribution in [1.29, 1.82) is 0 Å². The summed E-state index contributed by atoms with van der Waals surface area (Å²) in [5.41, 5.74) is 4.57. The van der Waals surface area contributed by atoms with E-state index in [2.05, 4.69) is 19.9 Å². The number of allylic oxidation sites excluding steroid dienone is 1. The molecule has 0 bridgehead atoms. The van der Waals surface area contributed by atoms with E-state index >= 15 is 0 Å². The van der Waals surface area contributed by atoms with Crippen LogP contribution in [-0.4, -0.2) is 41.8 Å². The summed E-state index contributed by atoms with van der Waals surface area (Å²) in [4.78, 5) is 36.9. The SMILES string of the molecule is CCOC(=O)[C@]1(C(N)=O)O[C@@]12CC[C@@H]1[C@@H]3CC=C4C[C@@H](OC(C)=O)CC[C@]4(C)[C@H]3CC[C@@]12C. The zero-order valence-corrected chi connectivity index (χ0v) is 20.3. The number of amides is 1. The van der Waals surface area contributed by atoms with Gasteiger partial charge in [0.25, 0.3) is 11.5 Å². The van der Waals surface area contributed by atoms with E-state index in [4.69, 9.17) is 19.9 Å². The van der Waals surface area contributed by atoms with Gasteiger partial charge in [-0.15, -0.1) is 0 Å². The third kappa shape index (κ3) is 2.80. The molecule has 0 aromatic rings. The van der Waals surface area contributed by atoms with Crippen molar-refractivity contribution in [3.63, 3.8) is 0 Å². The minimum Gasteiger partial charge on any atom is -0.463 e. The van der Waals surface area contributed by atoms with Gasteiger partial charge in [-0.2, -0.15) is 0 Å². The number of hydrogen-bond donors (Lipinski definition) is 1. The lowest BCUT2D eigenvalue weighted by molar-refractivity contribution is -0.153. The van der Waals surface area contributed by atoms with Crippen LogP contribution in [-0.2, 0) is 28.6 Å². The number of esters is 2. The molecule has 1 saturated heterocycles. The van der Waals surface area contributed by atoms with Crippen LogP contribution in [0.4, 0.5) is 0 Å². The summed E-state index contributed by atoms with van der Waals surface area (Å²) in [5.74, 6) is -0.138. The summed E-state index contributed by atoms with van der Waals surface area (Å²) in [6.07, 6.45) is 9.68. The second-order valence-electron chi connectivity index (χ2n) is 11.4. The Balaban J connectivity index is 1.43. The summed E-state index contributed by atoms with van der Waals surface area (Å²) in [6.45, 7) is 8.02. The molecule has 1 amide bonds. The van der Waals surface area contributed by atoms with Crippen LogP contribution >= 0.6 is 0 Å². The molecule has 182 valence electrons. The minimum atomic E-state index is -1.64. The largest absolute Gasteiger partial charge is 0.463 e. The Bertz CT molecular complexity index is 930. The first-order chi connectivity index (χ1) is 15.6. The second kappa shape index (κ2) is 7.30. The van der Waals surface area contributed by atoms with Gasteiger partial charge in [-0.1, -0.05) is 25.5 Å². The molecule has 7 heteroatoms. The molecule has 0 aromatic heterocycles. The van der Waals surface area contributed by atoms with Crippen LogP contribution in [0.5, 0.6) is 0 Å². The van der Waals surface area contributed by atoms with E-state index < -0.39 is 23.1 Å². The van der Waals surface area contributed by atoms with Gasteiger partial charge in [-0.3, -0.25) is 9.59 Å². The van der Waals surface area contributed by atoms with E-state index in [0.29, 0.717) is 24.2 Å². The highest BCUT2D eigenvalue weighted by Gasteiger charge is 2.88. The number of rotatable bonds is 4. The number of nitrogens with two attached hydrogens (primary N) is 1. The molecule has 8 atom stereocenters. The summed E-state index contributed by atoms with van der Waals surface area (Å²) in [6, 6.07) is 0. The summed E-state index contributed by atoms with van der Waals surface area (Å²) in [5, 5.41) is 0. The van der Waals surface area contributed by atoms with Crippen LogP contribution < -0.4 is 5.73 Å². The van der Waals surface area contributed by atoms with Crippen LogP contribution in [0.3, 0.4) is 0 Å². The molecule has 4 fully saturated rings. The lowest BCUT2D eigenvalue weighted by atomic mass is 9.47. The maximum Gasteiger partial charge on any atom is 0.351 e. The van der Waals surface area contributed by atoms with Gasteiger partial charge in [0.15, 0.2) is 0 Å². The van der Waals surface area contributed by atoms with Crippen LogP contribution in [0, 0.1) is 28.6 Å². The van der Waals surface area contributed by atoms with Crippen LogP contribution in [0.25, 0.3) is 0 Å². The fourth-order valence-electron chi connectivity index (χ4n) is 8.73. The highest BCUT2D eigenvalue weighted by Crippen LogP contribution is 2.75. The standard InChI is InChI=1S/C26H37NO6/c1-5-31-22(30)26(21(27)29)25(33-26)13-10-20-18-7-6-16-14-17(32-15(2)28)8-11-23(16,3)19(18)9-12-24(20,25)4/h6,17-20H,5,7-14H2,1-4H3,(H2,27,29)/t17-,18+,19-,20+,23-,24-,25+,26-/m0/s1. The van der Waals surface area contributed by atoms with Gasteiger partial charge < -0.3 is 19.9 Å². The molecule has 0 aromatic carbocycles. The van der Waals surface area contributed by atoms with E-state index in [-0.39, 0.29) is 29.5 Å². The molecular weight excluding hydrogens is 422 g/mol. The van der Waals surface area contributed by atoms with Crippen molar-refractivity contribution in [2.45, 2.75) is 96.4 Å². The predicted octanol–water partition coefficient (Wildman–Crippen LogP) is 3.44. The van der Waals surface area contributed by atoms with Gasteiger partial charge in [-0.05, 0) is 75.0 Å². The quantitative estimate of drug-likeness (QED) is 0.299. The van der Waals surface area contributed by atoms with Crippen molar-refractivity contribution in [2.75, 3.05) is 6.61 Å². The predicted molar refractivity (Wildman–Crippen MR) is 120 cm³/mol. The maximum atomic E-state index is 12.9. The smallest absolute Gasteiger partial charge is 0.351 e. The summed E-state index contributed by atoms with van der Waals surface area (Å²) >= 11 is 0. The van der Waals surface area contributed by atoms with Gasteiger partial charge in [0.05, 0.1) is 6.61 Å². The van der Waals surface area contributed by atoms with E-state index in [0.717, 1.165) is 44.9 Å². The molecule has 1 heterocycles. The third-order valence-electron chi connectivity index (χ3n) is 10.3. The van der Waals surface area contributed by atoms with Crippen LogP contribution in [0.1, 0.15) is 79.1 Å². The molecule has 1 spiro atoms. The fourth-order valence-corrected chi connectivity index (χ4v) is 8.73. The zero-order valence-electron chi connectivity index (χ0n) is 20.3. The first kappa shape index (κ1) is 22.9. The van der Waals surface area contributed by atoms with Crippen LogP contribution in [0.15, 0.2) is 11.6 Å². The molecule has 33 heavy (non-hydrogen) atoms. The molecule has 3 saturated carbocycles. The third-order valence-corrected chi connectivity index (χ3v) is 10.3. The highest BCUT2D eigenvalue weighted by atomic mass is 16.7. The topological polar surface area (TPSA) is 108 Å². The molecule has 5 aliphatic rings. The zero-order chi connectivity index (χ0) is 23.8. The lowest BCUT2D eigenvalue weighted by Gasteiger charge is -2.57. The number of ether oxygens (including phenoxy) is 3. The Morgan fingerprint density at radius 2 is 1.85 bits per heavy atom. The number of hydrogen-bond acceptors (Lipinski definition) is 6. The van der Waals surface area contributed by atoms with Crippen molar-refractivity contribution in [2.24, 2.45) is 34.3 Å². The highest BCUT2D eigenvalue weighted by molar-refractivity contribution is 6.10. The van der Waals surface area contributed by atoms with E-state index in [9.17, 15) is 14.4 Å². The Morgan fingerprint density at radius 1 is 1.12 bits per heavy atom. The van der Waals surface area contributed by atoms with Crippen molar-refractivity contribution in [3.05, 3.63) is 11.6 Å². The molecule has 7 nitrogen and oxygen atoms in total. The molecular formula is C26H37NO6. The summed E-state index contributed by atoms with van der Waals surface area (Å²) < 4.78 is 17.0. The molecule has 0 unspecified atom stereocenters. The second-order valence-corrected chi connectivity index (χ2v) is 11.4. The van der Waals surface area contributed by atoms with E-state index in [1.54, 1.807) is 6.92 Å². The van der Waals surface area contributed by atoms with Gasteiger partial charge in [0, 0.05) is 18.8 Å². The Labute approximate surface area is 195 Å². The fraction of sp³-hybridized carbons (Fsp3) is 0.808. The number of primary amides is 1. The Kier molecular flexibility index (Phi) is 5.06. The first-order valence-electron chi connectivity index (χ1n) is 12.6. The molecule has 0 radical (unpaired) electrons. The van der Waals surface area contributed by atoms with Gasteiger partial charge in [0.1, 0.15) is 11.7 Å². The number of epoxide rings is 1. The average molecular weight is 460 g/mol. The molecule has 4 aliphatic carbocycles. The molecule has 5 rings (SSSR count). The number of fused-ring (bicyclic) bond motifs is 6. The normalized spacial score (nSPS) is 47.6. The van der Waals surface area contributed by atoms with Crippen molar-refractivity contribution in [1.82, 2.24) is 0 Å². The first-order valence-corrected chi connectivity index (χ1v) is 12.6. The van der Waals surface area contributed by atoms with E-state index in [1.165, 1.54) is 12.5 Å². The Morgan fingerprint density at radius 3 is 2.52 bits per heavy atom. The molecule has 2 N–H and O–H groups in total. The number of carbonyl (C=O) groups is 3.